The summed E-state index contributed by atoms with van der Waals surface area (Å²) >= 11 is 0. The third kappa shape index (κ3) is 3.11. The summed E-state index contributed by atoms with van der Waals surface area (Å²) in [4.78, 5) is 0. The maximum absolute atomic E-state index is 9.24. The summed E-state index contributed by atoms with van der Waals surface area (Å²) in [6.07, 6.45) is 0.938. The predicted octanol–water partition coefficient (Wildman–Crippen LogP) is 2.95. The number of rotatable bonds is 6. The van der Waals surface area contributed by atoms with Crippen molar-refractivity contribution >= 4 is 0 Å². The van der Waals surface area contributed by atoms with E-state index in [-0.39, 0.29) is 12.6 Å². The molecule has 1 atom stereocenters. The summed E-state index contributed by atoms with van der Waals surface area (Å²) in [6, 6.07) is 12.8. The molecule has 0 bridgehead atoms. The highest BCUT2D eigenvalue weighted by molar-refractivity contribution is 5.40. The largest absolute Gasteiger partial charge is 0.395 e. The van der Waals surface area contributed by atoms with Crippen LogP contribution in [0.3, 0.4) is 0 Å². The molecule has 0 aliphatic heterocycles. The number of benzene rings is 1. The Labute approximate surface area is 121 Å². The van der Waals surface area contributed by atoms with Crippen LogP contribution in [0.1, 0.15) is 30.3 Å². The van der Waals surface area contributed by atoms with E-state index in [0.717, 1.165) is 13.0 Å². The molecule has 0 aliphatic carbocycles. The normalized spacial score (nSPS) is 12.6. The monoisotopic (exact) mass is 272 g/mol. The van der Waals surface area contributed by atoms with Crippen molar-refractivity contribution in [3.05, 3.63) is 53.3 Å². The molecule has 1 heterocycles. The third-order valence-corrected chi connectivity index (χ3v) is 3.84. The molecular weight excluding hydrogens is 248 g/mol. The molecule has 3 heteroatoms. The number of aryl methyl sites for hydroxylation is 1. The van der Waals surface area contributed by atoms with E-state index in [1.807, 2.05) is 6.07 Å². The Morgan fingerprint density at radius 1 is 1.20 bits per heavy atom. The van der Waals surface area contributed by atoms with Crippen molar-refractivity contribution in [1.29, 1.82) is 0 Å². The Morgan fingerprint density at radius 2 is 1.90 bits per heavy atom. The van der Waals surface area contributed by atoms with Gasteiger partial charge in [-0.1, -0.05) is 25.1 Å². The van der Waals surface area contributed by atoms with Gasteiger partial charge in [0, 0.05) is 29.7 Å². The lowest BCUT2D eigenvalue weighted by Gasteiger charge is -2.14. The third-order valence-electron chi connectivity index (χ3n) is 3.84. The number of aromatic nitrogens is 1. The van der Waals surface area contributed by atoms with Crippen LogP contribution in [0.2, 0.25) is 0 Å². The number of para-hydroxylation sites is 1. The predicted molar refractivity (Wildman–Crippen MR) is 83.2 cm³/mol. The molecule has 2 aromatic rings. The van der Waals surface area contributed by atoms with E-state index in [1.54, 1.807) is 0 Å². The fraction of sp³-hybridized carbons (Fsp3) is 0.412. The van der Waals surface area contributed by atoms with Gasteiger partial charge >= 0.3 is 0 Å². The SMILES string of the molecule is CC[C@@H](CO)NCc1cc(C)n(-c2ccccc2)c1C. The second-order valence-electron chi connectivity index (χ2n) is 5.24. The van der Waals surface area contributed by atoms with Gasteiger partial charge in [-0.3, -0.25) is 0 Å². The van der Waals surface area contributed by atoms with Gasteiger partial charge in [0.25, 0.3) is 0 Å². The fourth-order valence-electron chi connectivity index (χ4n) is 2.57. The van der Waals surface area contributed by atoms with E-state index in [9.17, 15) is 5.11 Å². The summed E-state index contributed by atoms with van der Waals surface area (Å²) in [6.45, 7) is 7.35. The van der Waals surface area contributed by atoms with E-state index in [0.29, 0.717) is 0 Å². The zero-order valence-corrected chi connectivity index (χ0v) is 12.6. The van der Waals surface area contributed by atoms with Crippen LogP contribution < -0.4 is 5.32 Å². The van der Waals surface area contributed by atoms with Crippen molar-refractivity contribution in [3.8, 4) is 5.69 Å². The molecule has 1 aromatic carbocycles. The molecule has 0 radical (unpaired) electrons. The van der Waals surface area contributed by atoms with Crippen molar-refractivity contribution in [2.45, 2.75) is 39.8 Å². The van der Waals surface area contributed by atoms with Crippen LogP contribution in [0.4, 0.5) is 0 Å². The highest BCUT2D eigenvalue weighted by atomic mass is 16.3. The minimum atomic E-state index is 0.176. The number of aliphatic hydroxyl groups is 1. The van der Waals surface area contributed by atoms with Gasteiger partial charge in [-0.15, -0.1) is 0 Å². The van der Waals surface area contributed by atoms with Crippen molar-refractivity contribution in [2.24, 2.45) is 0 Å². The number of nitrogens with one attached hydrogen (secondary N) is 1. The summed E-state index contributed by atoms with van der Waals surface area (Å²) < 4.78 is 2.27. The van der Waals surface area contributed by atoms with Gasteiger partial charge in [0.1, 0.15) is 0 Å². The first-order chi connectivity index (χ1) is 9.67. The van der Waals surface area contributed by atoms with Gasteiger partial charge in [0.05, 0.1) is 6.61 Å². The maximum Gasteiger partial charge on any atom is 0.0584 e. The van der Waals surface area contributed by atoms with Crippen LogP contribution in [-0.2, 0) is 6.54 Å². The molecule has 0 saturated carbocycles. The summed E-state index contributed by atoms with van der Waals surface area (Å²) in [5, 5.41) is 12.6. The van der Waals surface area contributed by atoms with E-state index < -0.39 is 0 Å². The van der Waals surface area contributed by atoms with Crippen LogP contribution in [0.5, 0.6) is 0 Å². The molecule has 0 amide bonds. The first-order valence-electron chi connectivity index (χ1n) is 7.24. The van der Waals surface area contributed by atoms with Crippen molar-refractivity contribution in [1.82, 2.24) is 9.88 Å². The summed E-state index contributed by atoms with van der Waals surface area (Å²) in [7, 11) is 0. The molecule has 20 heavy (non-hydrogen) atoms. The highest BCUT2D eigenvalue weighted by Gasteiger charge is 2.11. The van der Waals surface area contributed by atoms with Crippen molar-refractivity contribution < 1.29 is 5.11 Å². The van der Waals surface area contributed by atoms with Crippen molar-refractivity contribution in [3.63, 3.8) is 0 Å². The average molecular weight is 272 g/mol. The Morgan fingerprint density at radius 3 is 2.50 bits per heavy atom. The molecular formula is C17H24N2O. The summed E-state index contributed by atoms with van der Waals surface area (Å²) in [5.41, 5.74) is 4.98. The van der Waals surface area contributed by atoms with Gasteiger partial charge < -0.3 is 15.0 Å². The van der Waals surface area contributed by atoms with E-state index in [4.69, 9.17) is 0 Å². The lowest BCUT2D eigenvalue weighted by molar-refractivity contribution is 0.238. The van der Waals surface area contributed by atoms with Crippen LogP contribution in [-0.4, -0.2) is 22.3 Å². The zero-order chi connectivity index (χ0) is 14.5. The molecule has 2 rings (SSSR count). The van der Waals surface area contributed by atoms with E-state index >= 15 is 0 Å². The summed E-state index contributed by atoms with van der Waals surface area (Å²) in [5.74, 6) is 0. The molecule has 0 fully saturated rings. The van der Waals surface area contributed by atoms with Gasteiger partial charge in [-0.2, -0.15) is 0 Å². The van der Waals surface area contributed by atoms with Gasteiger partial charge in [0.15, 0.2) is 0 Å². The Balaban J connectivity index is 2.21. The topological polar surface area (TPSA) is 37.2 Å². The molecule has 1 aromatic heterocycles. The van der Waals surface area contributed by atoms with Crippen LogP contribution in [0, 0.1) is 13.8 Å². The Hall–Kier alpha value is -1.58. The van der Waals surface area contributed by atoms with Crippen LogP contribution >= 0.6 is 0 Å². The van der Waals surface area contributed by atoms with E-state index in [1.165, 1.54) is 22.6 Å². The molecule has 108 valence electrons. The minimum absolute atomic E-state index is 0.176. The number of nitrogens with zero attached hydrogens (tertiary/aromatic N) is 1. The lowest BCUT2D eigenvalue weighted by atomic mass is 10.2. The average Bonchev–Trinajstić information content (AvgIpc) is 2.75. The van der Waals surface area contributed by atoms with Crippen LogP contribution in [0.25, 0.3) is 5.69 Å². The van der Waals surface area contributed by atoms with Gasteiger partial charge in [0.2, 0.25) is 0 Å². The first-order valence-corrected chi connectivity index (χ1v) is 7.24. The van der Waals surface area contributed by atoms with Gasteiger partial charge in [-0.25, -0.2) is 0 Å². The highest BCUT2D eigenvalue weighted by Crippen LogP contribution is 2.20. The minimum Gasteiger partial charge on any atom is -0.395 e. The number of hydrogen-bond acceptors (Lipinski definition) is 2. The Bertz CT molecular complexity index is 542. The molecule has 2 N–H and O–H groups in total. The first kappa shape index (κ1) is 14.8. The van der Waals surface area contributed by atoms with E-state index in [2.05, 4.69) is 61.0 Å². The zero-order valence-electron chi connectivity index (χ0n) is 12.6. The quantitative estimate of drug-likeness (QED) is 0.848. The Kier molecular flexibility index (Phi) is 4.99. The molecule has 0 spiro atoms. The lowest BCUT2D eigenvalue weighted by Crippen LogP contribution is -2.31. The van der Waals surface area contributed by atoms with Gasteiger partial charge in [-0.05, 0) is 44.0 Å². The smallest absolute Gasteiger partial charge is 0.0584 e. The fourth-order valence-corrected chi connectivity index (χ4v) is 2.57. The van der Waals surface area contributed by atoms with Crippen molar-refractivity contribution in [2.75, 3.05) is 6.61 Å². The standard InChI is InChI=1S/C17H24N2O/c1-4-16(12-20)18-11-15-10-13(2)19(14(15)3)17-8-6-5-7-9-17/h5-10,16,18,20H,4,11-12H2,1-3H3/t16-/m0/s1. The maximum atomic E-state index is 9.24. The second-order valence-corrected chi connectivity index (χ2v) is 5.24. The van der Waals surface area contributed by atoms with Crippen LogP contribution in [0.15, 0.2) is 36.4 Å². The molecule has 0 aliphatic rings. The number of aliphatic hydroxyl groups excluding tert-OH is 1. The second kappa shape index (κ2) is 6.73. The number of hydrogen-bond donors (Lipinski definition) is 2. The molecule has 3 nitrogen and oxygen atoms in total. The molecule has 0 unspecified atom stereocenters. The molecule has 0 saturated heterocycles.